The highest BCUT2D eigenvalue weighted by atomic mass is 79.9. The Hall–Kier alpha value is -2.85. The number of esters is 3. The van der Waals surface area contributed by atoms with Gasteiger partial charge in [0, 0.05) is 43.5 Å². The van der Waals surface area contributed by atoms with Crippen molar-refractivity contribution in [3.63, 3.8) is 0 Å². The lowest BCUT2D eigenvalue weighted by Crippen LogP contribution is -2.53. The largest absolute Gasteiger partial charge is 0.507 e. The fourth-order valence-electron chi connectivity index (χ4n) is 3.78. The number of rotatable bonds is 5. The van der Waals surface area contributed by atoms with Crippen molar-refractivity contribution in [1.82, 2.24) is 0 Å². The van der Waals surface area contributed by atoms with E-state index in [1.165, 1.54) is 26.8 Å². The molecule has 0 amide bonds. The van der Waals surface area contributed by atoms with Gasteiger partial charge in [-0.2, -0.15) is 0 Å². The summed E-state index contributed by atoms with van der Waals surface area (Å²) in [6.07, 6.45) is -3.80. The van der Waals surface area contributed by atoms with Gasteiger partial charge < -0.3 is 29.2 Å². The van der Waals surface area contributed by atoms with E-state index < -0.39 is 47.3 Å². The zero-order valence-electron chi connectivity index (χ0n) is 17.6. The van der Waals surface area contributed by atoms with Crippen LogP contribution in [0.2, 0.25) is 0 Å². The number of benzene rings is 2. The molecule has 32 heavy (non-hydrogen) atoms. The highest BCUT2D eigenvalue weighted by Crippen LogP contribution is 2.43. The van der Waals surface area contributed by atoms with E-state index in [1.807, 2.05) is 0 Å². The van der Waals surface area contributed by atoms with Gasteiger partial charge in [-0.15, -0.1) is 0 Å². The Kier molecular flexibility index (Phi) is 7.25. The van der Waals surface area contributed by atoms with Crippen molar-refractivity contribution in [2.45, 2.75) is 56.6 Å². The molecule has 2 aromatic rings. The molecule has 1 fully saturated rings. The number of hydrogen-bond acceptors (Lipinski definition) is 9. The zero-order chi connectivity index (χ0) is 23.6. The summed E-state index contributed by atoms with van der Waals surface area (Å²) in [6.45, 7) is 3.63. The summed E-state index contributed by atoms with van der Waals surface area (Å²) >= 11 is 3.24. The summed E-state index contributed by atoms with van der Waals surface area (Å²) in [5.74, 6) is -1.95. The van der Waals surface area contributed by atoms with Crippen molar-refractivity contribution in [3.05, 3.63) is 35.9 Å². The van der Waals surface area contributed by atoms with Crippen molar-refractivity contribution in [2.24, 2.45) is 0 Å². The van der Waals surface area contributed by atoms with E-state index >= 15 is 0 Å². The molecule has 3 rings (SSSR count). The van der Waals surface area contributed by atoms with Crippen LogP contribution < -0.4 is 0 Å². The van der Waals surface area contributed by atoms with Crippen molar-refractivity contribution in [3.8, 4) is 11.5 Å². The molecule has 5 atom stereocenters. The lowest BCUT2D eigenvalue weighted by molar-refractivity contribution is -0.219. The second-order valence-corrected chi connectivity index (χ2v) is 8.29. The van der Waals surface area contributed by atoms with Crippen LogP contribution in [0.25, 0.3) is 10.8 Å². The monoisotopic (exact) mass is 510 g/mol. The Morgan fingerprint density at radius 1 is 1.00 bits per heavy atom. The second-order valence-electron chi connectivity index (χ2n) is 7.38. The summed E-state index contributed by atoms with van der Waals surface area (Å²) in [4.78, 5) is 35.0. The standard InChI is InChI=1S/C22H23BrO9/c1-10(24)29-18-9-17(15-8-7-13-14(19(15)28)5-4-6-16(13)27)32-21(20(18)30-11(2)25)22(23)31-12(3)26/h4-8,17-18,20-22,27-28H,9H2,1-3H3/t17-,18+,20+,21+,22?/m1/s1. The fraction of sp³-hybridized carbons (Fsp3) is 0.409. The predicted molar refractivity (Wildman–Crippen MR) is 115 cm³/mol. The third-order valence-electron chi connectivity index (χ3n) is 5.00. The maximum absolute atomic E-state index is 11.7. The smallest absolute Gasteiger partial charge is 0.303 e. The molecule has 0 aliphatic carbocycles. The molecule has 10 heteroatoms. The van der Waals surface area contributed by atoms with Gasteiger partial charge in [-0.05, 0) is 22.0 Å². The molecular weight excluding hydrogens is 488 g/mol. The number of carbonyl (C=O) groups is 3. The van der Waals surface area contributed by atoms with Crippen LogP contribution in [0.3, 0.4) is 0 Å². The van der Waals surface area contributed by atoms with E-state index in [1.54, 1.807) is 24.3 Å². The van der Waals surface area contributed by atoms with Crippen LogP contribution >= 0.6 is 15.9 Å². The van der Waals surface area contributed by atoms with Crippen LogP contribution in [-0.2, 0) is 33.3 Å². The summed E-state index contributed by atoms with van der Waals surface area (Å²) in [7, 11) is 0. The lowest BCUT2D eigenvalue weighted by atomic mass is 9.91. The summed E-state index contributed by atoms with van der Waals surface area (Å²) < 4.78 is 22.1. The minimum Gasteiger partial charge on any atom is -0.507 e. The SMILES string of the molecule is CC(=O)OC(Br)[C@H]1O[C@@H](c2ccc3c(O)cccc3c2O)C[C@H](OC(C)=O)[C@@H]1OC(C)=O. The van der Waals surface area contributed by atoms with E-state index in [-0.39, 0.29) is 17.9 Å². The number of phenols is 2. The predicted octanol–water partition coefficient (Wildman–Crippen LogP) is 3.23. The number of carbonyl (C=O) groups excluding carboxylic acids is 3. The first-order valence-electron chi connectivity index (χ1n) is 9.83. The number of ether oxygens (including phenoxy) is 4. The molecule has 2 N–H and O–H groups in total. The van der Waals surface area contributed by atoms with Gasteiger partial charge in [0.15, 0.2) is 11.1 Å². The lowest BCUT2D eigenvalue weighted by Gasteiger charge is -2.42. The molecule has 0 aromatic heterocycles. The topological polar surface area (TPSA) is 129 Å². The molecular formula is C22H23BrO9. The van der Waals surface area contributed by atoms with Gasteiger partial charge in [0.05, 0.1) is 6.10 Å². The number of phenolic OH excluding ortho intramolecular Hbond substituents is 2. The molecule has 1 heterocycles. The maximum Gasteiger partial charge on any atom is 0.303 e. The number of hydrogen-bond donors (Lipinski definition) is 2. The van der Waals surface area contributed by atoms with Gasteiger partial charge in [-0.1, -0.05) is 24.3 Å². The van der Waals surface area contributed by atoms with Crippen molar-refractivity contribution in [1.29, 1.82) is 0 Å². The summed E-state index contributed by atoms with van der Waals surface area (Å²) in [6, 6.07) is 7.97. The van der Waals surface area contributed by atoms with Crippen LogP contribution in [0, 0.1) is 0 Å². The van der Waals surface area contributed by atoms with E-state index in [2.05, 4.69) is 15.9 Å². The van der Waals surface area contributed by atoms with Gasteiger partial charge in [0.25, 0.3) is 0 Å². The normalized spacial score (nSPS) is 23.9. The fourth-order valence-corrected chi connectivity index (χ4v) is 4.47. The zero-order valence-corrected chi connectivity index (χ0v) is 19.2. The first-order valence-corrected chi connectivity index (χ1v) is 10.7. The Morgan fingerprint density at radius 3 is 2.31 bits per heavy atom. The average molecular weight is 511 g/mol. The van der Waals surface area contributed by atoms with Gasteiger partial charge in [0.1, 0.15) is 23.7 Å². The Labute approximate surface area is 192 Å². The minimum atomic E-state index is -1.07. The molecule has 9 nitrogen and oxygen atoms in total. The Morgan fingerprint density at radius 2 is 1.69 bits per heavy atom. The minimum absolute atomic E-state index is 0.00915. The van der Waals surface area contributed by atoms with E-state index in [4.69, 9.17) is 18.9 Å². The quantitative estimate of drug-likeness (QED) is 0.353. The van der Waals surface area contributed by atoms with Crippen LogP contribution in [0.4, 0.5) is 0 Å². The molecule has 1 aliphatic heterocycles. The molecule has 0 spiro atoms. The van der Waals surface area contributed by atoms with Gasteiger partial charge in [0.2, 0.25) is 0 Å². The third kappa shape index (κ3) is 5.13. The molecule has 1 aliphatic rings. The van der Waals surface area contributed by atoms with Crippen molar-refractivity contribution < 1.29 is 43.5 Å². The Bertz CT molecular complexity index is 1040. The molecule has 1 unspecified atom stereocenters. The third-order valence-corrected chi connectivity index (χ3v) is 5.71. The summed E-state index contributed by atoms with van der Waals surface area (Å²) in [5.41, 5.74) is 0.369. The molecule has 0 bridgehead atoms. The van der Waals surface area contributed by atoms with Gasteiger partial charge in [-0.25, -0.2) is 0 Å². The second kappa shape index (κ2) is 9.74. The van der Waals surface area contributed by atoms with E-state index in [0.29, 0.717) is 16.3 Å². The van der Waals surface area contributed by atoms with Crippen LogP contribution in [0.5, 0.6) is 11.5 Å². The molecule has 1 saturated heterocycles. The number of aromatic hydroxyl groups is 2. The Balaban J connectivity index is 2.04. The van der Waals surface area contributed by atoms with Crippen LogP contribution in [-0.4, -0.2) is 51.4 Å². The molecule has 0 saturated carbocycles. The van der Waals surface area contributed by atoms with Crippen molar-refractivity contribution >= 4 is 44.6 Å². The first-order chi connectivity index (χ1) is 15.1. The van der Waals surface area contributed by atoms with Gasteiger partial charge in [-0.3, -0.25) is 14.4 Å². The molecule has 2 aromatic carbocycles. The van der Waals surface area contributed by atoms with Crippen LogP contribution in [0.1, 0.15) is 38.9 Å². The average Bonchev–Trinajstić information content (AvgIpc) is 2.69. The maximum atomic E-state index is 11.7. The number of alkyl halides is 1. The highest BCUT2D eigenvalue weighted by Gasteiger charge is 2.48. The summed E-state index contributed by atoms with van der Waals surface area (Å²) in [5, 5.41) is 20.8. The van der Waals surface area contributed by atoms with Gasteiger partial charge >= 0.3 is 17.9 Å². The van der Waals surface area contributed by atoms with E-state index in [9.17, 15) is 24.6 Å². The molecule has 0 radical (unpaired) electrons. The molecule has 172 valence electrons. The number of fused-ring (bicyclic) bond motifs is 1. The van der Waals surface area contributed by atoms with Crippen molar-refractivity contribution in [2.75, 3.05) is 0 Å². The number of halogens is 1. The van der Waals surface area contributed by atoms with Crippen LogP contribution in [0.15, 0.2) is 30.3 Å². The first kappa shape index (κ1) is 23.8. The highest BCUT2D eigenvalue weighted by molar-refractivity contribution is 9.09. The van der Waals surface area contributed by atoms with E-state index in [0.717, 1.165) is 0 Å².